The van der Waals surface area contributed by atoms with Crippen LogP contribution in [0.15, 0.2) is 41.3 Å². The monoisotopic (exact) mass is 246 g/mol. The second kappa shape index (κ2) is 4.80. The maximum absolute atomic E-state index is 11.1. The maximum atomic E-state index is 11.1. The van der Waals surface area contributed by atoms with Gasteiger partial charge in [-0.25, -0.2) is 4.79 Å². The molecule has 3 heteroatoms. The molecule has 2 aromatic rings. The minimum absolute atomic E-state index is 0.369. The number of fused-ring (bicyclic) bond motifs is 1. The van der Waals surface area contributed by atoms with Gasteiger partial charge < -0.3 is 5.11 Å². The first-order valence-electron chi connectivity index (χ1n) is 5.51. The summed E-state index contributed by atoms with van der Waals surface area (Å²) in [6, 6.07) is 11.2. The van der Waals surface area contributed by atoms with Crippen molar-refractivity contribution in [1.82, 2.24) is 0 Å². The van der Waals surface area contributed by atoms with Gasteiger partial charge in [-0.15, -0.1) is 11.8 Å². The molecule has 0 unspecified atom stereocenters. The van der Waals surface area contributed by atoms with E-state index < -0.39 is 5.97 Å². The summed E-state index contributed by atoms with van der Waals surface area (Å²) in [6.45, 7) is 4.26. The fourth-order valence-corrected chi connectivity index (χ4v) is 2.77. The molecular weight excluding hydrogens is 232 g/mol. The lowest BCUT2D eigenvalue weighted by Gasteiger charge is -2.10. The summed E-state index contributed by atoms with van der Waals surface area (Å²) in [5.41, 5.74) is 0.369. The first-order chi connectivity index (χ1) is 8.09. The zero-order chi connectivity index (χ0) is 12.4. The van der Waals surface area contributed by atoms with Crippen molar-refractivity contribution in [2.24, 2.45) is 0 Å². The van der Waals surface area contributed by atoms with E-state index in [4.69, 9.17) is 5.11 Å². The van der Waals surface area contributed by atoms with Crippen LogP contribution in [0.1, 0.15) is 24.2 Å². The molecule has 0 saturated heterocycles. The van der Waals surface area contributed by atoms with Crippen molar-refractivity contribution in [3.05, 3.63) is 42.0 Å². The number of benzene rings is 2. The lowest BCUT2D eigenvalue weighted by Crippen LogP contribution is -1.98. The van der Waals surface area contributed by atoms with Gasteiger partial charge >= 0.3 is 5.97 Å². The molecule has 0 aliphatic carbocycles. The van der Waals surface area contributed by atoms with Crippen molar-refractivity contribution in [3.63, 3.8) is 0 Å². The molecule has 0 fully saturated rings. The van der Waals surface area contributed by atoms with Gasteiger partial charge in [0.2, 0.25) is 0 Å². The highest BCUT2D eigenvalue weighted by atomic mass is 32.2. The fourth-order valence-electron chi connectivity index (χ4n) is 1.81. The highest BCUT2D eigenvalue weighted by molar-refractivity contribution is 8.00. The van der Waals surface area contributed by atoms with Gasteiger partial charge in [-0.1, -0.05) is 38.1 Å². The van der Waals surface area contributed by atoms with E-state index in [1.54, 1.807) is 17.8 Å². The second-order valence-electron chi connectivity index (χ2n) is 4.13. The first kappa shape index (κ1) is 12.0. The summed E-state index contributed by atoms with van der Waals surface area (Å²) in [5.74, 6) is -0.873. The van der Waals surface area contributed by atoms with Crippen molar-refractivity contribution in [1.29, 1.82) is 0 Å². The highest BCUT2D eigenvalue weighted by Gasteiger charge is 2.11. The van der Waals surface area contributed by atoms with E-state index in [9.17, 15) is 4.79 Å². The highest BCUT2D eigenvalue weighted by Crippen LogP contribution is 2.32. The fraction of sp³-hybridized carbons (Fsp3) is 0.214. The largest absolute Gasteiger partial charge is 0.478 e. The van der Waals surface area contributed by atoms with E-state index in [0.717, 1.165) is 15.7 Å². The van der Waals surface area contributed by atoms with Crippen LogP contribution in [0.2, 0.25) is 0 Å². The molecule has 2 rings (SSSR count). The third kappa shape index (κ3) is 2.44. The molecule has 0 spiro atoms. The van der Waals surface area contributed by atoms with Gasteiger partial charge in [0.05, 0.1) is 5.56 Å². The number of thioether (sulfide) groups is 1. The third-order valence-electron chi connectivity index (χ3n) is 2.48. The number of aromatic carboxylic acids is 1. The van der Waals surface area contributed by atoms with Gasteiger partial charge in [0.1, 0.15) is 0 Å². The first-order valence-corrected chi connectivity index (χ1v) is 6.39. The lowest BCUT2D eigenvalue weighted by atomic mass is 10.0. The summed E-state index contributed by atoms with van der Waals surface area (Å²) in [4.78, 5) is 12.3. The molecule has 0 saturated carbocycles. The van der Waals surface area contributed by atoms with Crippen molar-refractivity contribution in [2.45, 2.75) is 24.0 Å². The Bertz CT molecular complexity index is 561. The Kier molecular flexibility index (Phi) is 3.38. The van der Waals surface area contributed by atoms with Crippen LogP contribution >= 0.6 is 11.8 Å². The molecular formula is C14H14O2S. The summed E-state index contributed by atoms with van der Waals surface area (Å²) < 4.78 is 0. The van der Waals surface area contributed by atoms with Crippen LogP contribution in [-0.2, 0) is 0 Å². The van der Waals surface area contributed by atoms with E-state index in [1.807, 2.05) is 30.3 Å². The van der Waals surface area contributed by atoms with Crippen LogP contribution < -0.4 is 0 Å². The molecule has 0 radical (unpaired) electrons. The number of carboxylic acids is 1. The lowest BCUT2D eigenvalue weighted by molar-refractivity contribution is 0.0699. The summed E-state index contributed by atoms with van der Waals surface area (Å²) in [5, 5.41) is 11.5. The molecule has 2 aromatic carbocycles. The average molecular weight is 246 g/mol. The molecule has 1 N–H and O–H groups in total. The second-order valence-corrected chi connectivity index (χ2v) is 5.75. The smallest absolute Gasteiger partial charge is 0.336 e. The molecule has 88 valence electrons. The van der Waals surface area contributed by atoms with Crippen molar-refractivity contribution >= 4 is 28.5 Å². The number of hydrogen-bond acceptors (Lipinski definition) is 2. The van der Waals surface area contributed by atoms with E-state index in [-0.39, 0.29) is 0 Å². The van der Waals surface area contributed by atoms with Crippen LogP contribution in [-0.4, -0.2) is 16.3 Å². The zero-order valence-electron chi connectivity index (χ0n) is 9.81. The molecule has 0 amide bonds. The predicted molar refractivity (Wildman–Crippen MR) is 71.9 cm³/mol. The number of carboxylic acid groups (broad SMARTS) is 1. The van der Waals surface area contributed by atoms with Gasteiger partial charge in [0, 0.05) is 10.1 Å². The van der Waals surface area contributed by atoms with E-state index in [2.05, 4.69) is 13.8 Å². The minimum Gasteiger partial charge on any atom is -0.478 e. The van der Waals surface area contributed by atoms with E-state index in [0.29, 0.717) is 10.8 Å². The number of carbonyl (C=O) groups is 1. The normalized spacial score (nSPS) is 11.0. The van der Waals surface area contributed by atoms with Gasteiger partial charge in [0.15, 0.2) is 0 Å². The Hall–Kier alpha value is -1.48. The molecule has 0 atom stereocenters. The molecule has 0 aliphatic heterocycles. The molecule has 0 bridgehead atoms. The molecule has 17 heavy (non-hydrogen) atoms. The zero-order valence-corrected chi connectivity index (χ0v) is 10.6. The van der Waals surface area contributed by atoms with Gasteiger partial charge in [-0.2, -0.15) is 0 Å². The average Bonchev–Trinajstić information content (AvgIpc) is 2.28. The third-order valence-corrected chi connectivity index (χ3v) is 3.56. The van der Waals surface area contributed by atoms with Gasteiger partial charge in [0.25, 0.3) is 0 Å². The predicted octanol–water partition coefficient (Wildman–Crippen LogP) is 4.04. The summed E-state index contributed by atoms with van der Waals surface area (Å²) >= 11 is 1.76. The number of hydrogen-bond donors (Lipinski definition) is 1. The van der Waals surface area contributed by atoms with E-state index >= 15 is 0 Å². The molecule has 2 nitrogen and oxygen atoms in total. The Balaban J connectivity index is 2.66. The van der Waals surface area contributed by atoms with E-state index in [1.165, 1.54) is 0 Å². The SMILES string of the molecule is CC(C)Sc1ccc(C(=O)O)c2ccccc12. The summed E-state index contributed by atoms with van der Waals surface area (Å²) in [6.07, 6.45) is 0. The molecule has 0 heterocycles. The van der Waals surface area contributed by atoms with Crippen molar-refractivity contribution in [2.75, 3.05) is 0 Å². The Morgan fingerprint density at radius 1 is 1.12 bits per heavy atom. The van der Waals surface area contributed by atoms with Crippen LogP contribution in [0.25, 0.3) is 10.8 Å². The quantitative estimate of drug-likeness (QED) is 0.830. The Morgan fingerprint density at radius 3 is 2.35 bits per heavy atom. The number of rotatable bonds is 3. The minimum atomic E-state index is -0.873. The Labute approximate surface area is 105 Å². The maximum Gasteiger partial charge on any atom is 0.336 e. The van der Waals surface area contributed by atoms with Crippen LogP contribution in [0.5, 0.6) is 0 Å². The molecule has 0 aromatic heterocycles. The van der Waals surface area contributed by atoms with Crippen LogP contribution in [0.4, 0.5) is 0 Å². The van der Waals surface area contributed by atoms with Crippen LogP contribution in [0.3, 0.4) is 0 Å². The van der Waals surface area contributed by atoms with Crippen LogP contribution in [0, 0.1) is 0 Å². The van der Waals surface area contributed by atoms with Gasteiger partial charge in [-0.3, -0.25) is 0 Å². The van der Waals surface area contributed by atoms with Crippen molar-refractivity contribution in [3.8, 4) is 0 Å². The summed E-state index contributed by atoms with van der Waals surface area (Å²) in [7, 11) is 0. The molecule has 0 aliphatic rings. The standard InChI is InChI=1S/C14H14O2S/c1-9(2)17-13-8-7-12(14(15)16)10-5-3-4-6-11(10)13/h3-9H,1-2H3,(H,15,16). The Morgan fingerprint density at radius 2 is 1.76 bits per heavy atom. The van der Waals surface area contributed by atoms with Gasteiger partial charge in [-0.05, 0) is 22.9 Å². The topological polar surface area (TPSA) is 37.3 Å². The van der Waals surface area contributed by atoms with Crippen molar-refractivity contribution < 1.29 is 9.90 Å².